The van der Waals surface area contributed by atoms with Gasteiger partial charge in [0, 0.05) is 32.7 Å². The summed E-state index contributed by atoms with van der Waals surface area (Å²) in [6.07, 6.45) is 0.762. The summed E-state index contributed by atoms with van der Waals surface area (Å²) in [6, 6.07) is 7.22. The van der Waals surface area contributed by atoms with Gasteiger partial charge in [-0.25, -0.2) is 0 Å². The maximum Gasteiger partial charge on any atom is 0.248 e. The highest BCUT2D eigenvalue weighted by molar-refractivity contribution is 6.33. The first kappa shape index (κ1) is 16.2. The summed E-state index contributed by atoms with van der Waals surface area (Å²) in [5.74, 6) is -0.180. The second-order valence-corrected chi connectivity index (χ2v) is 6.23. The minimum absolute atomic E-state index is 0.0695. The molecule has 0 spiro atoms. The van der Waals surface area contributed by atoms with E-state index in [-0.39, 0.29) is 17.9 Å². The number of para-hydroxylation sites is 1. The molecule has 1 aromatic carbocycles. The number of carbonyl (C=O) groups is 2. The standard InChI is InChI=1S/C16H20ClN3O3/c17-12-3-1-2-4-13(12)20-6-5-14(16(20)23)18-7-9-19(10-8-18)15(22)11-21/h1-4,14,21H,5-11H2. The fourth-order valence-corrected chi connectivity index (χ4v) is 3.53. The van der Waals surface area contributed by atoms with Crippen LogP contribution in [0.15, 0.2) is 24.3 Å². The first-order chi connectivity index (χ1) is 11.1. The van der Waals surface area contributed by atoms with Crippen molar-refractivity contribution in [3.8, 4) is 0 Å². The Morgan fingerprint density at radius 2 is 1.87 bits per heavy atom. The van der Waals surface area contributed by atoms with Crippen molar-refractivity contribution in [2.45, 2.75) is 12.5 Å². The Morgan fingerprint density at radius 1 is 1.17 bits per heavy atom. The van der Waals surface area contributed by atoms with Gasteiger partial charge in [0.2, 0.25) is 11.8 Å². The molecule has 2 aliphatic heterocycles. The summed E-state index contributed by atoms with van der Waals surface area (Å²) in [6.45, 7) is 2.60. The largest absolute Gasteiger partial charge is 0.387 e. The van der Waals surface area contributed by atoms with Crippen LogP contribution in [0.25, 0.3) is 0 Å². The van der Waals surface area contributed by atoms with Crippen molar-refractivity contribution in [3.63, 3.8) is 0 Å². The average Bonchev–Trinajstić information content (AvgIpc) is 2.96. The SMILES string of the molecule is O=C(CO)N1CCN(C2CCN(c3ccccc3Cl)C2=O)CC1. The highest BCUT2D eigenvalue weighted by atomic mass is 35.5. The molecule has 3 rings (SSSR count). The zero-order valence-electron chi connectivity index (χ0n) is 12.8. The van der Waals surface area contributed by atoms with Crippen LogP contribution in [-0.2, 0) is 9.59 Å². The van der Waals surface area contributed by atoms with Crippen LogP contribution < -0.4 is 4.90 Å². The normalized spacial score (nSPS) is 22.7. The van der Waals surface area contributed by atoms with Gasteiger partial charge in [-0.1, -0.05) is 23.7 Å². The van der Waals surface area contributed by atoms with Gasteiger partial charge in [0.15, 0.2) is 0 Å². The van der Waals surface area contributed by atoms with Crippen LogP contribution in [0, 0.1) is 0 Å². The summed E-state index contributed by atoms with van der Waals surface area (Å²) in [4.78, 5) is 29.7. The molecule has 1 unspecified atom stereocenters. The van der Waals surface area contributed by atoms with E-state index in [9.17, 15) is 9.59 Å². The lowest BCUT2D eigenvalue weighted by atomic mass is 10.2. The number of hydrogen-bond donors (Lipinski definition) is 1. The highest BCUT2D eigenvalue weighted by Crippen LogP contribution is 2.30. The lowest BCUT2D eigenvalue weighted by Crippen LogP contribution is -2.54. The molecule has 6 nitrogen and oxygen atoms in total. The van der Waals surface area contributed by atoms with Crippen molar-refractivity contribution in [1.29, 1.82) is 0 Å². The van der Waals surface area contributed by atoms with Gasteiger partial charge in [-0.05, 0) is 18.6 Å². The topological polar surface area (TPSA) is 64.1 Å². The summed E-state index contributed by atoms with van der Waals surface area (Å²) < 4.78 is 0. The minimum Gasteiger partial charge on any atom is -0.387 e. The molecule has 0 bridgehead atoms. The zero-order chi connectivity index (χ0) is 16.4. The predicted octanol–water partition coefficient (Wildman–Crippen LogP) is 0.582. The molecule has 2 fully saturated rings. The van der Waals surface area contributed by atoms with Gasteiger partial charge in [-0.2, -0.15) is 0 Å². The van der Waals surface area contributed by atoms with Crippen molar-refractivity contribution in [2.24, 2.45) is 0 Å². The fourth-order valence-electron chi connectivity index (χ4n) is 3.30. The summed E-state index contributed by atoms with van der Waals surface area (Å²) in [5.41, 5.74) is 0.760. The number of carbonyl (C=O) groups excluding carboxylic acids is 2. The van der Waals surface area contributed by atoms with E-state index in [1.807, 2.05) is 18.2 Å². The van der Waals surface area contributed by atoms with Crippen LogP contribution in [0.1, 0.15) is 6.42 Å². The number of hydrogen-bond acceptors (Lipinski definition) is 4. The predicted molar refractivity (Wildman–Crippen MR) is 87.4 cm³/mol. The Hall–Kier alpha value is -1.63. The van der Waals surface area contributed by atoms with Crippen molar-refractivity contribution in [3.05, 3.63) is 29.3 Å². The fraction of sp³-hybridized carbons (Fsp3) is 0.500. The third-order valence-electron chi connectivity index (χ3n) is 4.56. The lowest BCUT2D eigenvalue weighted by Gasteiger charge is -2.37. The zero-order valence-corrected chi connectivity index (χ0v) is 13.6. The van der Waals surface area contributed by atoms with Gasteiger partial charge in [-0.15, -0.1) is 0 Å². The number of rotatable bonds is 3. The quantitative estimate of drug-likeness (QED) is 0.876. The third-order valence-corrected chi connectivity index (χ3v) is 4.88. The van der Waals surface area contributed by atoms with E-state index in [0.717, 1.165) is 12.1 Å². The number of aliphatic hydroxyl groups excluding tert-OH is 1. The van der Waals surface area contributed by atoms with Gasteiger partial charge < -0.3 is 14.9 Å². The molecule has 2 heterocycles. The maximum absolute atomic E-state index is 12.7. The lowest BCUT2D eigenvalue weighted by molar-refractivity contribution is -0.136. The van der Waals surface area contributed by atoms with Crippen LogP contribution in [0.2, 0.25) is 5.02 Å². The third kappa shape index (κ3) is 3.20. The van der Waals surface area contributed by atoms with E-state index >= 15 is 0 Å². The molecular weight excluding hydrogens is 318 g/mol. The molecule has 0 radical (unpaired) electrons. The molecule has 0 aliphatic carbocycles. The molecule has 0 aromatic heterocycles. The smallest absolute Gasteiger partial charge is 0.248 e. The Morgan fingerprint density at radius 3 is 2.52 bits per heavy atom. The van der Waals surface area contributed by atoms with Crippen LogP contribution in [0.5, 0.6) is 0 Å². The molecule has 7 heteroatoms. The van der Waals surface area contributed by atoms with E-state index in [1.165, 1.54) is 0 Å². The second-order valence-electron chi connectivity index (χ2n) is 5.82. The van der Waals surface area contributed by atoms with Crippen LogP contribution in [-0.4, -0.2) is 72.1 Å². The van der Waals surface area contributed by atoms with Crippen molar-refractivity contribution in [2.75, 3.05) is 44.2 Å². The maximum atomic E-state index is 12.7. The number of benzene rings is 1. The average molecular weight is 338 g/mol. The molecule has 1 aromatic rings. The Balaban J connectivity index is 1.64. The molecule has 124 valence electrons. The molecule has 23 heavy (non-hydrogen) atoms. The van der Waals surface area contributed by atoms with Gasteiger partial charge >= 0.3 is 0 Å². The number of halogens is 1. The van der Waals surface area contributed by atoms with Gasteiger partial charge in [0.05, 0.1) is 16.8 Å². The molecule has 2 amide bonds. The highest BCUT2D eigenvalue weighted by Gasteiger charge is 2.38. The van der Waals surface area contributed by atoms with Gasteiger partial charge in [-0.3, -0.25) is 14.5 Å². The molecule has 1 N–H and O–H groups in total. The number of aliphatic hydroxyl groups is 1. The molecular formula is C16H20ClN3O3. The first-order valence-corrected chi connectivity index (χ1v) is 8.18. The van der Waals surface area contributed by atoms with E-state index in [1.54, 1.807) is 15.9 Å². The van der Waals surface area contributed by atoms with Crippen LogP contribution >= 0.6 is 11.6 Å². The Kier molecular flexibility index (Phi) is 4.84. The van der Waals surface area contributed by atoms with Crippen molar-refractivity contribution < 1.29 is 14.7 Å². The van der Waals surface area contributed by atoms with Gasteiger partial charge in [0.1, 0.15) is 6.61 Å². The van der Waals surface area contributed by atoms with Gasteiger partial charge in [0.25, 0.3) is 0 Å². The van der Waals surface area contributed by atoms with E-state index in [0.29, 0.717) is 37.7 Å². The van der Waals surface area contributed by atoms with E-state index in [2.05, 4.69) is 4.90 Å². The molecule has 1 atom stereocenters. The minimum atomic E-state index is -0.456. The first-order valence-electron chi connectivity index (χ1n) is 7.80. The van der Waals surface area contributed by atoms with Crippen molar-refractivity contribution in [1.82, 2.24) is 9.80 Å². The van der Waals surface area contributed by atoms with Crippen molar-refractivity contribution >= 4 is 29.1 Å². The summed E-state index contributed by atoms with van der Waals surface area (Å²) >= 11 is 6.20. The number of piperazine rings is 1. The van der Waals surface area contributed by atoms with Crippen LogP contribution in [0.3, 0.4) is 0 Å². The molecule has 0 saturated carbocycles. The molecule has 2 saturated heterocycles. The number of amides is 2. The number of anilines is 1. The summed E-state index contributed by atoms with van der Waals surface area (Å²) in [7, 11) is 0. The van der Waals surface area contributed by atoms with E-state index in [4.69, 9.17) is 16.7 Å². The summed E-state index contributed by atoms with van der Waals surface area (Å²) in [5, 5.41) is 9.50. The monoisotopic (exact) mass is 337 g/mol. The van der Waals surface area contributed by atoms with Crippen LogP contribution in [0.4, 0.5) is 5.69 Å². The Bertz CT molecular complexity index is 602. The molecule has 2 aliphatic rings. The second kappa shape index (κ2) is 6.86. The number of nitrogens with zero attached hydrogens (tertiary/aromatic N) is 3. The Labute approximate surface area is 140 Å². The van der Waals surface area contributed by atoms with E-state index < -0.39 is 6.61 Å².